The molecule has 0 unspecified atom stereocenters. The zero-order chi connectivity index (χ0) is 35.4. The van der Waals surface area contributed by atoms with E-state index < -0.39 is 0 Å². The van der Waals surface area contributed by atoms with E-state index >= 15 is 0 Å². The quantitative estimate of drug-likeness (QED) is 0.165. The maximum atomic E-state index is 2.67. The molecular weight excluding hydrogens is 653 g/mol. The van der Waals surface area contributed by atoms with Crippen molar-refractivity contribution in [1.29, 1.82) is 0 Å². The van der Waals surface area contributed by atoms with Gasteiger partial charge in [-0.15, -0.1) is 0 Å². The van der Waals surface area contributed by atoms with E-state index in [2.05, 4.69) is 185 Å². The minimum Gasteiger partial charge on any atom is -0.376 e. The van der Waals surface area contributed by atoms with Gasteiger partial charge in [0, 0.05) is 54.9 Å². The Hall–Kier alpha value is -6.78. The molecule has 11 aromatic rings. The number of fused-ring (bicyclic) bond motifs is 14. The van der Waals surface area contributed by atoms with E-state index in [-0.39, 0.29) is 6.85 Å². The van der Waals surface area contributed by atoms with Crippen LogP contribution in [0, 0.1) is 13.8 Å². The van der Waals surface area contributed by atoms with Crippen LogP contribution in [0.2, 0.25) is 0 Å². The molecule has 54 heavy (non-hydrogen) atoms. The molecular formula is C50H32BN3. The zero-order valence-corrected chi connectivity index (χ0v) is 29.9. The summed E-state index contributed by atoms with van der Waals surface area (Å²) in [6.45, 7) is 4.48. The third-order valence-corrected chi connectivity index (χ3v) is 12.7. The van der Waals surface area contributed by atoms with Gasteiger partial charge >= 0.3 is 6.85 Å². The van der Waals surface area contributed by atoms with Gasteiger partial charge in [-0.2, -0.15) is 0 Å². The topological polar surface area (TPSA) is 12.6 Å². The standard InChI is InChI=1S/C50H32BN3/c1-29-13-3-5-15-32(29)31-27-39-46-44(26-25-38-37-19-11-18-35-33-16-7-10-24-43(33)53(48(35)37)50(38)46)54(41-22-8-4-14-30(41)2)51-40-21-12-20-36-34-17-6-9-23-42(34)52(49(36)40)45(28-31)47(39)51/h3-28H,1-2H3. The second-order valence-corrected chi connectivity index (χ2v) is 15.3. The minimum absolute atomic E-state index is 0.0294. The van der Waals surface area contributed by atoms with Crippen molar-refractivity contribution in [3.8, 4) is 27.9 Å². The highest BCUT2D eigenvalue weighted by atomic mass is 15.1. The largest absolute Gasteiger partial charge is 0.376 e. The summed E-state index contributed by atoms with van der Waals surface area (Å²) in [7, 11) is 0. The number of anilines is 2. The molecule has 2 aliphatic rings. The number of hydrogen-bond acceptors (Lipinski definition) is 1. The van der Waals surface area contributed by atoms with Crippen LogP contribution < -0.4 is 15.7 Å². The van der Waals surface area contributed by atoms with Gasteiger partial charge in [-0.3, -0.25) is 0 Å². The minimum atomic E-state index is -0.0294. The second kappa shape index (κ2) is 10.0. The van der Waals surface area contributed by atoms with Crippen LogP contribution >= 0.6 is 0 Å². The van der Waals surface area contributed by atoms with Crippen LogP contribution in [-0.4, -0.2) is 15.8 Å². The molecule has 0 saturated heterocycles. The van der Waals surface area contributed by atoms with Crippen LogP contribution in [-0.2, 0) is 0 Å². The Morgan fingerprint density at radius 1 is 0.426 bits per heavy atom. The summed E-state index contributed by atoms with van der Waals surface area (Å²) in [5.41, 5.74) is 20.5. The van der Waals surface area contributed by atoms with Crippen LogP contribution in [0.1, 0.15) is 11.1 Å². The Morgan fingerprint density at radius 2 is 1.06 bits per heavy atom. The second-order valence-electron chi connectivity index (χ2n) is 15.3. The van der Waals surface area contributed by atoms with Crippen LogP contribution in [0.15, 0.2) is 158 Å². The molecule has 2 aliphatic heterocycles. The molecule has 0 radical (unpaired) electrons. The van der Waals surface area contributed by atoms with Gasteiger partial charge in [-0.25, -0.2) is 0 Å². The smallest absolute Gasteiger partial charge is 0.333 e. The number of hydrogen-bond donors (Lipinski definition) is 0. The lowest BCUT2D eigenvalue weighted by Gasteiger charge is -2.43. The summed E-state index contributed by atoms with van der Waals surface area (Å²) in [4.78, 5) is 2.67. The first-order valence-electron chi connectivity index (χ1n) is 19.0. The molecule has 0 fully saturated rings. The van der Waals surface area contributed by atoms with Crippen molar-refractivity contribution in [2.24, 2.45) is 0 Å². The van der Waals surface area contributed by atoms with Crippen molar-refractivity contribution < 1.29 is 0 Å². The monoisotopic (exact) mass is 685 g/mol. The van der Waals surface area contributed by atoms with Gasteiger partial charge in [0.15, 0.2) is 0 Å². The van der Waals surface area contributed by atoms with Crippen LogP contribution in [0.3, 0.4) is 0 Å². The summed E-state index contributed by atoms with van der Waals surface area (Å²) in [5.74, 6) is 0. The molecule has 0 amide bonds. The molecule has 0 spiro atoms. The van der Waals surface area contributed by atoms with Gasteiger partial charge in [-0.1, -0.05) is 121 Å². The van der Waals surface area contributed by atoms with Crippen molar-refractivity contribution in [1.82, 2.24) is 8.97 Å². The predicted octanol–water partition coefficient (Wildman–Crippen LogP) is 11.5. The number of nitrogens with zero attached hydrogens (tertiary/aromatic N) is 3. The number of aromatic nitrogens is 2. The van der Waals surface area contributed by atoms with Gasteiger partial charge in [0.05, 0.1) is 27.6 Å². The first kappa shape index (κ1) is 28.8. The number of benzene rings is 8. The highest BCUT2D eigenvalue weighted by molar-refractivity contribution is 6.93. The average Bonchev–Trinajstić information content (AvgIpc) is 3.86. The molecule has 8 aromatic carbocycles. The molecule has 3 aromatic heterocycles. The molecule has 0 aliphatic carbocycles. The number of aryl methyl sites for hydroxylation is 2. The van der Waals surface area contributed by atoms with E-state index in [9.17, 15) is 0 Å². The lowest BCUT2D eigenvalue weighted by atomic mass is 9.43. The number of rotatable bonds is 2. The summed E-state index contributed by atoms with van der Waals surface area (Å²) in [5, 5.41) is 7.80. The van der Waals surface area contributed by atoms with Crippen LogP contribution in [0.25, 0.3) is 87.8 Å². The first-order chi connectivity index (χ1) is 26.7. The van der Waals surface area contributed by atoms with Crippen LogP contribution in [0.4, 0.5) is 11.4 Å². The van der Waals surface area contributed by atoms with Crippen molar-refractivity contribution >= 4 is 89.0 Å². The highest BCUT2D eigenvalue weighted by Gasteiger charge is 2.45. The number of para-hydroxylation sites is 5. The van der Waals surface area contributed by atoms with Gasteiger partial charge < -0.3 is 13.8 Å². The molecule has 0 atom stereocenters. The third-order valence-electron chi connectivity index (χ3n) is 12.7. The van der Waals surface area contributed by atoms with Gasteiger partial charge in [-0.05, 0) is 89.0 Å². The van der Waals surface area contributed by atoms with Gasteiger partial charge in [0.2, 0.25) is 0 Å². The van der Waals surface area contributed by atoms with Gasteiger partial charge in [0.1, 0.15) is 0 Å². The van der Waals surface area contributed by atoms with E-state index in [1.807, 2.05) is 0 Å². The van der Waals surface area contributed by atoms with Gasteiger partial charge in [0.25, 0.3) is 0 Å². The third kappa shape index (κ3) is 3.36. The van der Waals surface area contributed by atoms with E-state index in [0.717, 1.165) is 0 Å². The molecule has 0 saturated carbocycles. The molecule has 0 N–H and O–H groups in total. The molecule has 4 heteroatoms. The fourth-order valence-electron chi connectivity index (χ4n) is 10.5. The Balaban J connectivity index is 1.30. The Bertz CT molecular complexity index is 3440. The van der Waals surface area contributed by atoms with Crippen molar-refractivity contribution in [3.05, 3.63) is 169 Å². The van der Waals surface area contributed by atoms with E-state index in [0.29, 0.717) is 0 Å². The summed E-state index contributed by atoms with van der Waals surface area (Å²) < 4.78 is 5.16. The molecule has 250 valence electrons. The lowest BCUT2D eigenvalue weighted by Crippen LogP contribution is -2.60. The molecule has 13 rings (SSSR count). The van der Waals surface area contributed by atoms with E-state index in [1.54, 1.807) is 0 Å². The molecule has 0 bridgehead atoms. The predicted molar refractivity (Wildman–Crippen MR) is 229 cm³/mol. The Kier molecular flexibility index (Phi) is 5.33. The van der Waals surface area contributed by atoms with E-state index in [4.69, 9.17) is 0 Å². The summed E-state index contributed by atoms with van der Waals surface area (Å²) in [6, 6.07) is 59.4. The Morgan fingerprint density at radius 3 is 1.87 bits per heavy atom. The lowest BCUT2D eigenvalue weighted by molar-refractivity contribution is 1.18. The first-order valence-corrected chi connectivity index (χ1v) is 19.0. The summed E-state index contributed by atoms with van der Waals surface area (Å²) in [6.07, 6.45) is 0. The SMILES string of the molecule is Cc1ccccc1-c1cc2c3c(c1)-n1c4ccccc4c4cccc(c41)B3N(c1ccccc1C)c1ccc3c4cccc5c6ccccc6n(c3c1-2)c54. The van der Waals surface area contributed by atoms with E-state index in [1.165, 1.54) is 121 Å². The van der Waals surface area contributed by atoms with Crippen molar-refractivity contribution in [3.63, 3.8) is 0 Å². The maximum absolute atomic E-state index is 2.67. The fourth-order valence-corrected chi connectivity index (χ4v) is 10.5. The Labute approximate surface area is 312 Å². The van der Waals surface area contributed by atoms with Crippen molar-refractivity contribution in [2.75, 3.05) is 4.81 Å². The van der Waals surface area contributed by atoms with Crippen molar-refractivity contribution in [2.45, 2.75) is 13.8 Å². The molecule has 5 heterocycles. The fraction of sp³-hybridized carbons (Fsp3) is 0.0400. The maximum Gasteiger partial charge on any atom is 0.333 e. The van der Waals surface area contributed by atoms with Crippen LogP contribution in [0.5, 0.6) is 0 Å². The summed E-state index contributed by atoms with van der Waals surface area (Å²) >= 11 is 0. The average molecular weight is 686 g/mol. The zero-order valence-electron chi connectivity index (χ0n) is 29.9. The normalized spacial score (nSPS) is 13.3. The molecule has 3 nitrogen and oxygen atoms in total. The highest BCUT2D eigenvalue weighted by Crippen LogP contribution is 2.51.